The summed E-state index contributed by atoms with van der Waals surface area (Å²) in [6, 6.07) is 40.6. The van der Waals surface area contributed by atoms with Gasteiger partial charge in [-0.25, -0.2) is 0 Å². The standard InChI is InChI=1S/C40H20B7NO/c41-32-30-31(34(43)36(45)35(32)44)39(38(47)37(46)33(30)42)48(24-17-13-22(14-18-24)21-7-2-1-3-8-21)25-19-15-23(16-20-25)26-10-6-11-28-27-9-4-5-12-29(27)49-40(26)28/h1-20H. The van der Waals surface area contributed by atoms with Gasteiger partial charge in [-0.15, -0.1) is 16.4 Å². The molecular weight excluding hydrogens is 586 g/mol. The maximum Gasteiger partial charge on any atom is 0.143 e. The Labute approximate surface area is 294 Å². The number of hydrogen-bond donors (Lipinski definition) is 0. The van der Waals surface area contributed by atoms with E-state index in [2.05, 4.69) is 42.5 Å². The topological polar surface area (TPSA) is 16.4 Å². The maximum atomic E-state index is 6.85. The zero-order valence-corrected chi connectivity index (χ0v) is 26.4. The van der Waals surface area contributed by atoms with Crippen LogP contribution in [0.4, 0.5) is 17.1 Å². The van der Waals surface area contributed by atoms with Gasteiger partial charge < -0.3 is 9.32 Å². The molecule has 8 aromatic rings. The van der Waals surface area contributed by atoms with Crippen molar-refractivity contribution in [1.82, 2.24) is 0 Å². The van der Waals surface area contributed by atoms with E-state index in [-0.39, 0.29) is 38.2 Å². The molecule has 1 heterocycles. The predicted octanol–water partition coefficient (Wildman–Crippen LogP) is 3.10. The first-order chi connectivity index (χ1) is 23.7. The molecule has 14 radical (unpaired) electrons. The Morgan fingerprint density at radius 3 is 1.55 bits per heavy atom. The number of nitrogens with zero attached hydrogens (tertiary/aromatic N) is 1. The van der Waals surface area contributed by atoms with Crippen molar-refractivity contribution in [2.24, 2.45) is 0 Å². The van der Waals surface area contributed by atoms with Gasteiger partial charge in [0, 0.05) is 33.4 Å². The summed E-state index contributed by atoms with van der Waals surface area (Å²) in [6.07, 6.45) is 0. The Morgan fingerprint density at radius 1 is 0.388 bits per heavy atom. The summed E-state index contributed by atoms with van der Waals surface area (Å²) < 4.78 is 6.34. The normalized spacial score (nSPS) is 11.4. The van der Waals surface area contributed by atoms with E-state index in [9.17, 15) is 0 Å². The van der Waals surface area contributed by atoms with E-state index in [0.29, 0.717) is 16.5 Å². The van der Waals surface area contributed by atoms with E-state index in [4.69, 9.17) is 59.3 Å². The molecule has 0 spiro atoms. The van der Waals surface area contributed by atoms with Crippen LogP contribution in [0.25, 0.3) is 55.0 Å². The van der Waals surface area contributed by atoms with Crippen molar-refractivity contribution in [2.45, 2.75) is 0 Å². The van der Waals surface area contributed by atoms with E-state index < -0.39 is 0 Å². The second-order valence-electron chi connectivity index (χ2n) is 12.1. The van der Waals surface area contributed by atoms with Crippen LogP contribution in [0.3, 0.4) is 0 Å². The maximum absolute atomic E-state index is 6.85. The summed E-state index contributed by atoms with van der Waals surface area (Å²) in [4.78, 5) is 1.99. The molecule has 212 valence electrons. The van der Waals surface area contributed by atoms with Crippen LogP contribution in [-0.2, 0) is 0 Å². The van der Waals surface area contributed by atoms with Crippen LogP contribution in [-0.4, -0.2) is 54.9 Å². The third-order valence-electron chi connectivity index (χ3n) is 9.30. The van der Waals surface area contributed by atoms with Gasteiger partial charge in [0.15, 0.2) is 0 Å². The molecule has 9 heteroatoms. The van der Waals surface area contributed by atoms with Gasteiger partial charge in [0.1, 0.15) is 66.1 Å². The molecule has 0 N–H and O–H groups in total. The van der Waals surface area contributed by atoms with Crippen molar-refractivity contribution < 1.29 is 4.42 Å². The molecule has 49 heavy (non-hydrogen) atoms. The van der Waals surface area contributed by atoms with E-state index in [1.54, 1.807) is 0 Å². The smallest absolute Gasteiger partial charge is 0.143 e. The number of hydrogen-bond acceptors (Lipinski definition) is 2. The summed E-state index contributed by atoms with van der Waals surface area (Å²) in [5, 5.41) is 2.97. The lowest BCUT2D eigenvalue weighted by Crippen LogP contribution is -2.52. The monoisotopic (exact) mass is 607 g/mol. The third kappa shape index (κ3) is 4.98. The fraction of sp³-hybridized carbons (Fsp3) is 0. The lowest BCUT2D eigenvalue weighted by atomic mass is 9.60. The molecule has 0 saturated heterocycles. The Bertz CT molecular complexity index is 2560. The Balaban J connectivity index is 1.35. The van der Waals surface area contributed by atoms with Crippen LogP contribution in [0, 0.1) is 0 Å². The van der Waals surface area contributed by atoms with Crippen molar-refractivity contribution in [3.8, 4) is 22.3 Å². The summed E-state index contributed by atoms with van der Waals surface area (Å²) in [5.74, 6) is 0. The van der Waals surface area contributed by atoms with Crippen molar-refractivity contribution in [2.75, 3.05) is 4.90 Å². The van der Waals surface area contributed by atoms with Gasteiger partial charge in [0.05, 0.1) is 0 Å². The van der Waals surface area contributed by atoms with Gasteiger partial charge in [-0.1, -0.05) is 113 Å². The lowest BCUT2D eigenvalue weighted by molar-refractivity contribution is 0.670. The number of fused-ring (bicyclic) bond motifs is 4. The summed E-state index contributed by atoms with van der Waals surface area (Å²) in [7, 11) is 45.9. The second kappa shape index (κ2) is 12.1. The van der Waals surface area contributed by atoms with Crippen LogP contribution >= 0.6 is 0 Å². The largest absolute Gasteiger partial charge is 0.455 e. The van der Waals surface area contributed by atoms with Gasteiger partial charge in [-0.3, -0.25) is 0 Å². The highest BCUT2D eigenvalue weighted by molar-refractivity contribution is 6.72. The number of benzene rings is 7. The molecule has 0 bridgehead atoms. The number of rotatable bonds is 5. The van der Waals surface area contributed by atoms with Crippen molar-refractivity contribution in [3.05, 3.63) is 121 Å². The quantitative estimate of drug-likeness (QED) is 0.281. The molecule has 0 aliphatic rings. The number of furan rings is 1. The molecule has 0 atom stereocenters. The van der Waals surface area contributed by atoms with Gasteiger partial charge in [0.2, 0.25) is 0 Å². The van der Waals surface area contributed by atoms with Crippen molar-refractivity contribution in [1.29, 1.82) is 0 Å². The van der Waals surface area contributed by atoms with E-state index >= 15 is 0 Å². The molecular formula is C40H20B7NO. The molecule has 2 nitrogen and oxygen atoms in total. The highest BCUT2D eigenvalue weighted by Crippen LogP contribution is 2.40. The fourth-order valence-corrected chi connectivity index (χ4v) is 6.73. The minimum absolute atomic E-state index is 0.134. The van der Waals surface area contributed by atoms with Gasteiger partial charge >= 0.3 is 0 Å². The SMILES string of the molecule is [B]c1c([B])c([B])c2c(N(c3ccc(-c4ccccc4)cc3)c3ccc(-c4cccc5c4oc4ccccc45)cc3)c([B])c([B])c([B])c2c1[B]. The van der Waals surface area contributed by atoms with Gasteiger partial charge in [-0.05, 0) is 57.8 Å². The summed E-state index contributed by atoms with van der Waals surface area (Å²) >= 11 is 0. The molecule has 0 fully saturated rings. The van der Waals surface area contributed by atoms with Crippen LogP contribution < -0.4 is 43.1 Å². The Kier molecular flexibility index (Phi) is 7.67. The highest BCUT2D eigenvalue weighted by Gasteiger charge is 2.23. The van der Waals surface area contributed by atoms with Crippen molar-refractivity contribution >= 4 is 143 Å². The second-order valence-corrected chi connectivity index (χ2v) is 12.1. The lowest BCUT2D eigenvalue weighted by Gasteiger charge is -2.33. The first kappa shape index (κ1) is 31.1. The van der Waals surface area contributed by atoms with Gasteiger partial charge in [0.25, 0.3) is 0 Å². The number of anilines is 3. The summed E-state index contributed by atoms with van der Waals surface area (Å²) in [6.45, 7) is 0. The Hall–Kier alpha value is -5.15. The average Bonchev–Trinajstić information content (AvgIpc) is 3.53. The first-order valence-electron chi connectivity index (χ1n) is 15.7. The van der Waals surface area contributed by atoms with Crippen LogP contribution in [0.2, 0.25) is 0 Å². The molecule has 7 aromatic carbocycles. The minimum Gasteiger partial charge on any atom is -0.455 e. The Morgan fingerprint density at radius 2 is 0.898 bits per heavy atom. The van der Waals surface area contributed by atoms with E-state index in [1.165, 1.54) is 0 Å². The molecule has 0 aliphatic carbocycles. The zero-order valence-electron chi connectivity index (χ0n) is 26.4. The summed E-state index contributed by atoms with van der Waals surface area (Å²) in [5.41, 5.74) is 9.03. The van der Waals surface area contributed by atoms with E-state index in [1.807, 2.05) is 83.8 Å². The molecule has 0 aliphatic heterocycles. The molecule has 8 rings (SSSR count). The molecule has 0 amide bonds. The average molecular weight is 606 g/mol. The van der Waals surface area contributed by atoms with Crippen LogP contribution in [0.5, 0.6) is 0 Å². The molecule has 1 aromatic heterocycles. The molecule has 0 unspecified atom stereocenters. The van der Waals surface area contributed by atoms with Crippen molar-refractivity contribution in [3.63, 3.8) is 0 Å². The van der Waals surface area contributed by atoms with Crippen LogP contribution in [0.15, 0.2) is 126 Å². The minimum atomic E-state index is 0.134. The first-order valence-corrected chi connectivity index (χ1v) is 15.7. The zero-order chi connectivity index (χ0) is 34.0. The van der Waals surface area contributed by atoms with E-state index in [0.717, 1.165) is 55.6 Å². The molecule has 0 saturated carbocycles. The fourth-order valence-electron chi connectivity index (χ4n) is 6.73. The predicted molar refractivity (Wildman–Crippen MR) is 214 cm³/mol. The third-order valence-corrected chi connectivity index (χ3v) is 9.30. The number of para-hydroxylation sites is 2. The highest BCUT2D eigenvalue weighted by atomic mass is 16.3. The van der Waals surface area contributed by atoms with Crippen LogP contribution in [0.1, 0.15) is 0 Å². The van der Waals surface area contributed by atoms with Gasteiger partial charge in [-0.2, -0.15) is 0 Å².